The number of anilines is 1. The van der Waals surface area contributed by atoms with Crippen molar-refractivity contribution in [2.75, 3.05) is 31.1 Å². The molecule has 4 heterocycles. The molecule has 10 nitrogen and oxygen atoms in total. The van der Waals surface area contributed by atoms with E-state index in [0.29, 0.717) is 32.0 Å². The molecule has 1 unspecified atom stereocenters. The first-order valence-electron chi connectivity index (χ1n) is 9.48. The molecular formula is C19H23N7O3. The highest BCUT2D eigenvalue weighted by molar-refractivity contribution is 5.95. The molecule has 1 atom stereocenters. The summed E-state index contributed by atoms with van der Waals surface area (Å²) in [6, 6.07) is 2.56. The molecule has 1 aliphatic heterocycles. The van der Waals surface area contributed by atoms with Crippen LogP contribution in [-0.4, -0.2) is 68.7 Å². The van der Waals surface area contributed by atoms with E-state index in [9.17, 15) is 9.59 Å². The Morgan fingerprint density at radius 3 is 2.66 bits per heavy atom. The molecule has 1 saturated heterocycles. The van der Waals surface area contributed by atoms with Crippen LogP contribution >= 0.6 is 0 Å². The number of furan rings is 1. The maximum atomic E-state index is 12.7. The number of carbonyl (C=O) groups is 2. The molecular weight excluding hydrogens is 374 g/mol. The van der Waals surface area contributed by atoms with Crippen LogP contribution in [0, 0.1) is 6.92 Å². The lowest BCUT2D eigenvalue weighted by atomic mass is 10.2. The number of carbonyl (C=O) groups excluding carboxylic acids is 2. The van der Waals surface area contributed by atoms with E-state index in [4.69, 9.17) is 4.42 Å². The highest BCUT2D eigenvalue weighted by atomic mass is 16.3. The van der Waals surface area contributed by atoms with Gasteiger partial charge in [0.15, 0.2) is 11.4 Å². The van der Waals surface area contributed by atoms with E-state index in [2.05, 4.69) is 25.3 Å². The van der Waals surface area contributed by atoms with Crippen molar-refractivity contribution in [3.63, 3.8) is 0 Å². The van der Waals surface area contributed by atoms with Crippen LogP contribution < -0.4 is 10.2 Å². The van der Waals surface area contributed by atoms with Crippen molar-refractivity contribution in [3.05, 3.63) is 36.2 Å². The smallest absolute Gasteiger partial charge is 0.287 e. The molecule has 0 aromatic carbocycles. The van der Waals surface area contributed by atoms with Crippen molar-refractivity contribution >= 4 is 28.7 Å². The number of aryl methyl sites for hydroxylation is 2. The molecule has 3 aromatic rings. The Balaban J connectivity index is 1.40. The van der Waals surface area contributed by atoms with Crippen molar-refractivity contribution in [2.45, 2.75) is 19.9 Å². The second kappa shape index (κ2) is 7.53. The first-order valence-corrected chi connectivity index (χ1v) is 9.48. The number of aromatic nitrogens is 4. The number of nitrogens with zero attached hydrogens (tertiary/aromatic N) is 6. The van der Waals surface area contributed by atoms with Crippen LogP contribution in [0.5, 0.6) is 0 Å². The standard InChI is InChI=1S/C19H23N7O3/c1-12(21-18(27)15-5-4-10-29-15)19(28)26-8-6-25(7-9-26)17-14-11-20-24(3)16(14)22-13(2)23-17/h4-5,10-12H,6-9H2,1-3H3,(H,21,27). The van der Waals surface area contributed by atoms with E-state index in [1.807, 2.05) is 14.0 Å². The zero-order valence-electron chi connectivity index (χ0n) is 16.6. The predicted octanol–water partition coefficient (Wildman–Crippen LogP) is 0.732. The van der Waals surface area contributed by atoms with E-state index in [0.717, 1.165) is 16.9 Å². The maximum Gasteiger partial charge on any atom is 0.287 e. The van der Waals surface area contributed by atoms with Gasteiger partial charge in [0, 0.05) is 33.2 Å². The van der Waals surface area contributed by atoms with Gasteiger partial charge in [0.25, 0.3) is 5.91 Å². The molecule has 0 spiro atoms. The summed E-state index contributed by atoms with van der Waals surface area (Å²) in [6.07, 6.45) is 3.20. The zero-order chi connectivity index (χ0) is 20.5. The van der Waals surface area contributed by atoms with Crippen molar-refractivity contribution in [3.8, 4) is 0 Å². The molecule has 152 valence electrons. The van der Waals surface area contributed by atoms with Gasteiger partial charge < -0.3 is 19.5 Å². The lowest BCUT2D eigenvalue weighted by molar-refractivity contribution is -0.133. The summed E-state index contributed by atoms with van der Waals surface area (Å²) in [5.41, 5.74) is 0.792. The average molecular weight is 397 g/mol. The average Bonchev–Trinajstić information content (AvgIpc) is 3.38. The molecule has 1 N–H and O–H groups in total. The van der Waals surface area contributed by atoms with Gasteiger partial charge in [-0.2, -0.15) is 5.10 Å². The van der Waals surface area contributed by atoms with E-state index >= 15 is 0 Å². The first-order chi connectivity index (χ1) is 13.9. The fourth-order valence-electron chi connectivity index (χ4n) is 3.50. The number of fused-ring (bicyclic) bond motifs is 1. The molecule has 2 amide bonds. The van der Waals surface area contributed by atoms with E-state index in [1.165, 1.54) is 6.26 Å². The normalized spacial score (nSPS) is 15.6. The van der Waals surface area contributed by atoms with Gasteiger partial charge in [0.1, 0.15) is 17.7 Å². The van der Waals surface area contributed by atoms with Crippen LogP contribution in [0.15, 0.2) is 29.0 Å². The van der Waals surface area contributed by atoms with Crippen molar-refractivity contribution < 1.29 is 14.0 Å². The minimum atomic E-state index is -0.634. The summed E-state index contributed by atoms with van der Waals surface area (Å²) in [7, 11) is 1.85. The Labute approximate surface area is 167 Å². The van der Waals surface area contributed by atoms with Crippen LogP contribution in [0.1, 0.15) is 23.3 Å². The zero-order valence-corrected chi connectivity index (χ0v) is 16.6. The van der Waals surface area contributed by atoms with Gasteiger partial charge in [-0.05, 0) is 26.0 Å². The molecule has 0 radical (unpaired) electrons. The van der Waals surface area contributed by atoms with Crippen molar-refractivity contribution in [2.24, 2.45) is 7.05 Å². The first kappa shape index (κ1) is 18.9. The molecule has 4 rings (SSSR count). The third-order valence-electron chi connectivity index (χ3n) is 5.04. The third-order valence-corrected chi connectivity index (χ3v) is 5.04. The van der Waals surface area contributed by atoms with Gasteiger partial charge in [-0.3, -0.25) is 14.3 Å². The number of piperazine rings is 1. The van der Waals surface area contributed by atoms with E-state index < -0.39 is 11.9 Å². The van der Waals surface area contributed by atoms with Gasteiger partial charge in [-0.25, -0.2) is 9.97 Å². The largest absolute Gasteiger partial charge is 0.459 e. The van der Waals surface area contributed by atoms with E-state index in [1.54, 1.807) is 34.8 Å². The number of hydrogen-bond donors (Lipinski definition) is 1. The topological polar surface area (TPSA) is 109 Å². The highest BCUT2D eigenvalue weighted by Crippen LogP contribution is 2.24. The SMILES string of the molecule is Cc1nc(N2CCN(C(=O)C(C)NC(=O)c3ccco3)CC2)c2cnn(C)c2n1. The summed E-state index contributed by atoms with van der Waals surface area (Å²) in [5.74, 6) is 1.20. The molecule has 1 aliphatic rings. The quantitative estimate of drug-likeness (QED) is 0.691. The Bertz CT molecular complexity index is 1040. The minimum Gasteiger partial charge on any atom is -0.459 e. The van der Waals surface area contributed by atoms with Gasteiger partial charge in [-0.1, -0.05) is 0 Å². The molecule has 3 aromatic heterocycles. The Hall–Kier alpha value is -3.43. The Morgan fingerprint density at radius 1 is 1.21 bits per heavy atom. The summed E-state index contributed by atoms with van der Waals surface area (Å²) < 4.78 is 6.80. The number of amides is 2. The lowest BCUT2D eigenvalue weighted by Crippen LogP contribution is -2.54. The summed E-state index contributed by atoms with van der Waals surface area (Å²) in [4.78, 5) is 37.8. The van der Waals surface area contributed by atoms with Crippen LogP contribution in [0.3, 0.4) is 0 Å². The van der Waals surface area contributed by atoms with Crippen LogP contribution in [-0.2, 0) is 11.8 Å². The minimum absolute atomic E-state index is 0.116. The lowest BCUT2D eigenvalue weighted by Gasteiger charge is -2.36. The van der Waals surface area contributed by atoms with Gasteiger partial charge in [0.05, 0.1) is 17.8 Å². The fraction of sp³-hybridized carbons (Fsp3) is 0.421. The maximum absolute atomic E-state index is 12.7. The number of rotatable bonds is 4. The van der Waals surface area contributed by atoms with Gasteiger partial charge in [-0.15, -0.1) is 0 Å². The van der Waals surface area contributed by atoms with Crippen LogP contribution in [0.2, 0.25) is 0 Å². The van der Waals surface area contributed by atoms with Crippen LogP contribution in [0.25, 0.3) is 11.0 Å². The summed E-state index contributed by atoms with van der Waals surface area (Å²) in [6.45, 7) is 5.92. The molecule has 0 bridgehead atoms. The predicted molar refractivity (Wildman–Crippen MR) is 105 cm³/mol. The monoisotopic (exact) mass is 397 g/mol. The van der Waals surface area contributed by atoms with Crippen molar-refractivity contribution in [1.29, 1.82) is 0 Å². The second-order valence-corrected chi connectivity index (χ2v) is 7.08. The Kier molecular flexibility index (Phi) is 4.91. The van der Waals surface area contributed by atoms with Crippen LogP contribution in [0.4, 0.5) is 5.82 Å². The van der Waals surface area contributed by atoms with Crippen molar-refractivity contribution in [1.82, 2.24) is 30.0 Å². The Morgan fingerprint density at radius 2 is 1.97 bits per heavy atom. The molecule has 29 heavy (non-hydrogen) atoms. The molecule has 0 saturated carbocycles. The third kappa shape index (κ3) is 3.65. The summed E-state index contributed by atoms with van der Waals surface area (Å²) in [5, 5.41) is 7.87. The molecule has 10 heteroatoms. The van der Waals surface area contributed by atoms with Gasteiger partial charge in [0.2, 0.25) is 5.91 Å². The van der Waals surface area contributed by atoms with Gasteiger partial charge >= 0.3 is 0 Å². The number of hydrogen-bond acceptors (Lipinski definition) is 7. The molecule has 0 aliphatic carbocycles. The number of nitrogens with one attached hydrogen (secondary N) is 1. The van der Waals surface area contributed by atoms with E-state index in [-0.39, 0.29) is 11.7 Å². The molecule has 1 fully saturated rings. The summed E-state index contributed by atoms with van der Waals surface area (Å²) >= 11 is 0. The second-order valence-electron chi connectivity index (χ2n) is 7.08. The fourth-order valence-corrected chi connectivity index (χ4v) is 3.50. The highest BCUT2D eigenvalue weighted by Gasteiger charge is 2.28.